The Morgan fingerprint density at radius 2 is 0.885 bits per heavy atom. The van der Waals surface area contributed by atoms with Crippen LogP contribution in [0.2, 0.25) is 0 Å². The number of anilines is 1. The molecule has 0 saturated carbocycles. The summed E-state index contributed by atoms with van der Waals surface area (Å²) in [7, 11) is 12.8. The lowest BCUT2D eigenvalue weighted by molar-refractivity contribution is 0.0501. The van der Waals surface area contributed by atoms with Crippen LogP contribution in [0.3, 0.4) is 0 Å². The molecule has 2 atom stereocenters. The highest BCUT2D eigenvalue weighted by Gasteiger charge is 2.33. The van der Waals surface area contributed by atoms with E-state index in [0.29, 0.717) is 71.6 Å². The topological polar surface area (TPSA) is 189 Å². The first-order valence-corrected chi connectivity index (χ1v) is 28.2. The van der Waals surface area contributed by atoms with Crippen molar-refractivity contribution < 1.29 is 66.5 Å². The molecule has 3 N–H and O–H groups in total. The van der Waals surface area contributed by atoms with E-state index in [-0.39, 0.29) is 33.4 Å². The molecule has 0 fully saturated rings. The molecular formula is C70H87N3O14. The molecular weight excluding hydrogens is 1110 g/mol. The molecule has 466 valence electrons. The Bertz CT molecular complexity index is 3460. The Morgan fingerprint density at radius 1 is 0.471 bits per heavy atom. The lowest BCUT2D eigenvalue weighted by Gasteiger charge is -2.22. The van der Waals surface area contributed by atoms with E-state index in [1.165, 1.54) is 0 Å². The summed E-state index contributed by atoms with van der Waals surface area (Å²) in [5, 5.41) is 8.95. The second-order valence-electron chi connectivity index (χ2n) is 22.6. The first-order valence-electron chi connectivity index (χ1n) is 28.2. The van der Waals surface area contributed by atoms with Crippen molar-refractivity contribution in [3.63, 3.8) is 0 Å². The van der Waals surface area contributed by atoms with Gasteiger partial charge in [-0.15, -0.1) is 0 Å². The minimum atomic E-state index is -0.663. The average Bonchev–Trinajstić information content (AvgIpc) is 1.82. The molecule has 0 unspecified atom stereocenters. The summed E-state index contributed by atoms with van der Waals surface area (Å²) in [6.07, 6.45) is 4.91. The van der Waals surface area contributed by atoms with Crippen LogP contribution in [0.1, 0.15) is 125 Å². The summed E-state index contributed by atoms with van der Waals surface area (Å²) >= 11 is 0. The lowest BCUT2D eigenvalue weighted by atomic mass is 9.91. The molecule has 9 rings (SSSR count). The van der Waals surface area contributed by atoms with Gasteiger partial charge in [0.2, 0.25) is 11.5 Å². The Hall–Kier alpha value is -8.99. The van der Waals surface area contributed by atoms with Gasteiger partial charge in [0, 0.05) is 17.0 Å². The summed E-state index contributed by atoms with van der Waals surface area (Å²) < 4.78 is 62.4. The monoisotopic (exact) mass is 1190 g/mol. The first kappa shape index (κ1) is 67.1. The number of nitrogens with one attached hydrogen (secondary N) is 3. The SMILES string of the molecule is C.C.COc1ccc(C2=C[C@H](NC(=O)OC(C)(C)C)CCc3c2cc(OC)c(OC)c3OC)cc1C.COc1ccc(C2=C[C@H](NC(=O)OC(C)(C)C)CCc3c2cc(OC)c(OC)c3OC)cc1NC(=O)OCC1c2ccccc2-c2ccccc21. The van der Waals surface area contributed by atoms with Gasteiger partial charge in [0.1, 0.15) is 29.3 Å². The molecule has 0 radical (unpaired) electrons. The number of carbonyl (C=O) groups is 3. The molecule has 6 aromatic rings. The maximum absolute atomic E-state index is 13.4. The molecule has 0 bridgehead atoms. The third kappa shape index (κ3) is 15.4. The molecule has 17 heteroatoms. The van der Waals surface area contributed by atoms with Gasteiger partial charge in [0.25, 0.3) is 0 Å². The molecule has 87 heavy (non-hydrogen) atoms. The quantitative estimate of drug-likeness (QED) is 0.0824. The molecule has 0 saturated heterocycles. The van der Waals surface area contributed by atoms with Crippen LogP contribution in [0.15, 0.2) is 109 Å². The predicted molar refractivity (Wildman–Crippen MR) is 342 cm³/mol. The van der Waals surface area contributed by atoms with Gasteiger partial charge >= 0.3 is 18.3 Å². The fourth-order valence-corrected chi connectivity index (χ4v) is 11.2. The third-order valence-electron chi connectivity index (χ3n) is 14.8. The average molecular weight is 1190 g/mol. The number of carbonyl (C=O) groups excluding carboxylic acids is 3. The largest absolute Gasteiger partial charge is 0.496 e. The van der Waals surface area contributed by atoms with Crippen molar-refractivity contribution >= 4 is 35.1 Å². The summed E-state index contributed by atoms with van der Waals surface area (Å²) in [4.78, 5) is 38.9. The van der Waals surface area contributed by atoms with Crippen LogP contribution in [-0.4, -0.2) is 105 Å². The second kappa shape index (κ2) is 28.9. The van der Waals surface area contributed by atoms with Crippen molar-refractivity contribution in [1.82, 2.24) is 10.6 Å². The van der Waals surface area contributed by atoms with Gasteiger partial charge in [-0.3, -0.25) is 5.32 Å². The van der Waals surface area contributed by atoms with Gasteiger partial charge in [-0.2, -0.15) is 0 Å². The third-order valence-corrected chi connectivity index (χ3v) is 14.8. The maximum atomic E-state index is 13.4. The van der Waals surface area contributed by atoms with Crippen molar-refractivity contribution in [2.24, 2.45) is 0 Å². The minimum absolute atomic E-state index is 0. The number of benzene rings is 6. The first-order chi connectivity index (χ1) is 40.7. The smallest absolute Gasteiger partial charge is 0.411 e. The molecule has 3 aliphatic carbocycles. The zero-order valence-electron chi connectivity index (χ0n) is 51.4. The zero-order valence-corrected chi connectivity index (χ0v) is 51.4. The van der Waals surface area contributed by atoms with Gasteiger partial charge in [-0.05, 0) is 172 Å². The molecule has 0 aromatic heterocycles. The number of aryl methyl sites for hydroxylation is 1. The van der Waals surface area contributed by atoms with E-state index in [9.17, 15) is 14.4 Å². The normalized spacial score (nSPS) is 14.7. The van der Waals surface area contributed by atoms with Crippen LogP contribution in [0, 0.1) is 6.92 Å². The number of alkyl carbamates (subject to hydrolysis) is 2. The fourth-order valence-electron chi connectivity index (χ4n) is 11.2. The van der Waals surface area contributed by atoms with Crippen LogP contribution in [-0.2, 0) is 27.1 Å². The van der Waals surface area contributed by atoms with E-state index in [4.69, 9.17) is 52.1 Å². The maximum Gasteiger partial charge on any atom is 0.411 e. The number of ether oxygens (including phenoxy) is 11. The number of amides is 3. The molecule has 17 nitrogen and oxygen atoms in total. The van der Waals surface area contributed by atoms with E-state index < -0.39 is 35.5 Å². The Labute approximate surface area is 513 Å². The Balaban J connectivity index is 0.000000294. The summed E-state index contributed by atoms with van der Waals surface area (Å²) in [5.74, 6) is 4.45. The van der Waals surface area contributed by atoms with Gasteiger partial charge in [0.05, 0.1) is 74.6 Å². The van der Waals surface area contributed by atoms with E-state index in [0.717, 1.165) is 78.1 Å². The van der Waals surface area contributed by atoms with Crippen LogP contribution in [0.4, 0.5) is 20.1 Å². The predicted octanol–water partition coefficient (Wildman–Crippen LogP) is 14.9. The summed E-state index contributed by atoms with van der Waals surface area (Å²) in [6.45, 7) is 13.2. The second-order valence-corrected chi connectivity index (χ2v) is 22.6. The Kier molecular flexibility index (Phi) is 22.3. The van der Waals surface area contributed by atoms with Crippen molar-refractivity contribution in [3.05, 3.63) is 159 Å². The van der Waals surface area contributed by atoms with Crippen LogP contribution in [0.25, 0.3) is 22.3 Å². The van der Waals surface area contributed by atoms with E-state index in [1.54, 1.807) is 62.9 Å². The number of methoxy groups -OCH3 is 8. The highest BCUT2D eigenvalue weighted by atomic mass is 16.6. The number of rotatable bonds is 15. The van der Waals surface area contributed by atoms with E-state index >= 15 is 0 Å². The molecule has 0 spiro atoms. The van der Waals surface area contributed by atoms with Crippen molar-refractivity contribution in [2.75, 3.05) is 68.8 Å². The zero-order chi connectivity index (χ0) is 61.3. The van der Waals surface area contributed by atoms with Crippen LogP contribution < -0.4 is 53.8 Å². The highest BCUT2D eigenvalue weighted by molar-refractivity contribution is 5.92. The molecule has 3 aliphatic rings. The van der Waals surface area contributed by atoms with Crippen molar-refractivity contribution in [1.29, 1.82) is 0 Å². The fraction of sp³-hybridized carbons (Fsp3) is 0.386. The molecule has 0 aliphatic heterocycles. The standard InChI is InChI=1S/C41H44N2O8.C27H35NO6.2CH4/c1-41(2,3)51-40(45)42-25-17-18-30-32(22-36(47-5)38(49-7)37(30)48-6)31(21-25)24-16-19-35(46-4)34(20-24)43-39(44)50-23-33-28-14-10-8-12-26(28)27-13-9-11-15-29(27)33;1-16-13-17(9-12-22(16)30-5)20-14-18(28-26(29)34-27(2,3)4)10-11-19-21(20)15-23(31-6)25(33-8)24(19)32-7;;/h8-16,19-22,25,33H,17-18,23H2,1-7H3,(H,42,45)(H,43,44);9,12-15,18H,10-11H2,1-8H3,(H,28,29);2*1H4/t25-;18-;;/m11../s1. The van der Waals surface area contributed by atoms with E-state index in [1.807, 2.05) is 115 Å². The van der Waals surface area contributed by atoms with Crippen LogP contribution in [0.5, 0.6) is 46.0 Å². The summed E-state index contributed by atoms with van der Waals surface area (Å²) in [6, 6.07) is 31.2. The molecule has 6 aromatic carbocycles. The number of hydrogen-bond acceptors (Lipinski definition) is 14. The Morgan fingerprint density at radius 3 is 1.29 bits per heavy atom. The van der Waals surface area contributed by atoms with E-state index in [2.05, 4.69) is 52.4 Å². The van der Waals surface area contributed by atoms with Gasteiger partial charge < -0.3 is 62.7 Å². The van der Waals surface area contributed by atoms with Crippen molar-refractivity contribution in [2.45, 2.75) is 118 Å². The molecule has 0 heterocycles. The van der Waals surface area contributed by atoms with Crippen molar-refractivity contribution in [3.8, 4) is 57.1 Å². The van der Waals surface area contributed by atoms with Crippen LogP contribution >= 0.6 is 0 Å². The number of hydrogen-bond donors (Lipinski definition) is 3. The highest BCUT2D eigenvalue weighted by Crippen LogP contribution is 2.50. The van der Waals surface area contributed by atoms with Gasteiger partial charge in [0.15, 0.2) is 23.0 Å². The van der Waals surface area contributed by atoms with Gasteiger partial charge in [-0.1, -0.05) is 87.7 Å². The number of fused-ring (bicyclic) bond motifs is 5. The van der Waals surface area contributed by atoms with Gasteiger partial charge in [-0.25, -0.2) is 14.4 Å². The minimum Gasteiger partial charge on any atom is -0.496 e. The molecule has 3 amide bonds. The lowest BCUT2D eigenvalue weighted by Crippen LogP contribution is -2.38. The summed E-state index contributed by atoms with van der Waals surface area (Å²) in [5.41, 5.74) is 11.9.